The molecule has 0 bridgehead atoms. The van der Waals surface area contributed by atoms with Gasteiger partial charge in [-0.05, 0) is 37.2 Å². The molecule has 1 aliphatic rings. The van der Waals surface area contributed by atoms with E-state index in [1.807, 2.05) is 0 Å². The van der Waals surface area contributed by atoms with E-state index in [-0.39, 0.29) is 0 Å². The van der Waals surface area contributed by atoms with Crippen LogP contribution in [-0.4, -0.2) is 11.2 Å². The highest BCUT2D eigenvalue weighted by molar-refractivity contribution is 5.19. The van der Waals surface area contributed by atoms with Gasteiger partial charge in [-0.25, -0.2) is 5.48 Å². The van der Waals surface area contributed by atoms with Gasteiger partial charge in [0.2, 0.25) is 0 Å². The smallest absolute Gasteiger partial charge is 0.0320 e. The van der Waals surface area contributed by atoms with Gasteiger partial charge in [0.05, 0.1) is 0 Å². The third kappa shape index (κ3) is 2.14. The van der Waals surface area contributed by atoms with Crippen LogP contribution < -0.4 is 5.48 Å². The predicted molar refractivity (Wildman–Crippen MR) is 56.4 cm³/mol. The summed E-state index contributed by atoms with van der Waals surface area (Å²) in [6.45, 7) is 0. The summed E-state index contributed by atoms with van der Waals surface area (Å²) in [6.07, 6.45) is 4.52. The molecule has 0 atom stereocenters. The van der Waals surface area contributed by atoms with Gasteiger partial charge >= 0.3 is 0 Å². The van der Waals surface area contributed by atoms with Crippen molar-refractivity contribution in [2.24, 2.45) is 0 Å². The molecule has 0 radical (unpaired) electrons. The Hall–Kier alpha value is -0.860. The monoisotopic (exact) mass is 191 g/mol. The fourth-order valence-corrected chi connectivity index (χ4v) is 2.28. The first-order chi connectivity index (χ1) is 6.90. The van der Waals surface area contributed by atoms with E-state index in [4.69, 9.17) is 5.21 Å². The van der Waals surface area contributed by atoms with E-state index in [1.54, 1.807) is 0 Å². The lowest BCUT2D eigenvalue weighted by atomic mass is 9.82. The van der Waals surface area contributed by atoms with Gasteiger partial charge in [0, 0.05) is 6.04 Å². The van der Waals surface area contributed by atoms with Crippen LogP contribution in [0.5, 0.6) is 0 Å². The summed E-state index contributed by atoms with van der Waals surface area (Å²) in [4.78, 5) is 0. The zero-order chi connectivity index (χ0) is 9.80. The standard InChI is InChI=1S/C12H17NO/c14-13-12-8-6-11(7-9-12)10-4-2-1-3-5-10/h1-5,11-14H,6-9H2. The normalized spacial score (nSPS) is 27.5. The first-order valence-corrected chi connectivity index (χ1v) is 5.34. The second kappa shape index (κ2) is 4.58. The van der Waals surface area contributed by atoms with Crippen molar-refractivity contribution in [3.8, 4) is 0 Å². The summed E-state index contributed by atoms with van der Waals surface area (Å²) >= 11 is 0. The molecule has 0 saturated heterocycles. The summed E-state index contributed by atoms with van der Waals surface area (Å²) in [6, 6.07) is 11.0. The first kappa shape index (κ1) is 9.69. The topological polar surface area (TPSA) is 32.3 Å². The first-order valence-electron chi connectivity index (χ1n) is 5.34. The van der Waals surface area contributed by atoms with Crippen molar-refractivity contribution in [2.45, 2.75) is 37.6 Å². The van der Waals surface area contributed by atoms with Crippen LogP contribution in [0, 0.1) is 0 Å². The van der Waals surface area contributed by atoms with Gasteiger partial charge in [-0.1, -0.05) is 30.3 Å². The van der Waals surface area contributed by atoms with Crippen molar-refractivity contribution in [1.82, 2.24) is 5.48 Å². The number of rotatable bonds is 2. The molecule has 2 heteroatoms. The molecule has 1 aromatic rings. The largest absolute Gasteiger partial charge is 0.317 e. The number of benzene rings is 1. The van der Waals surface area contributed by atoms with Crippen LogP contribution in [0.15, 0.2) is 30.3 Å². The van der Waals surface area contributed by atoms with E-state index in [2.05, 4.69) is 35.8 Å². The fraction of sp³-hybridized carbons (Fsp3) is 0.500. The lowest BCUT2D eigenvalue weighted by Crippen LogP contribution is -2.29. The van der Waals surface area contributed by atoms with E-state index in [0.29, 0.717) is 12.0 Å². The molecule has 2 nitrogen and oxygen atoms in total. The third-order valence-corrected chi connectivity index (χ3v) is 3.18. The van der Waals surface area contributed by atoms with Gasteiger partial charge in [0.25, 0.3) is 0 Å². The molecule has 0 amide bonds. The average Bonchev–Trinajstić information content (AvgIpc) is 2.30. The minimum Gasteiger partial charge on any atom is -0.317 e. The molecule has 1 aromatic carbocycles. The van der Waals surface area contributed by atoms with E-state index < -0.39 is 0 Å². The van der Waals surface area contributed by atoms with Crippen LogP contribution in [0.1, 0.15) is 37.2 Å². The highest BCUT2D eigenvalue weighted by Crippen LogP contribution is 2.32. The lowest BCUT2D eigenvalue weighted by molar-refractivity contribution is 0.103. The summed E-state index contributed by atoms with van der Waals surface area (Å²) < 4.78 is 0. The Labute approximate surface area is 84.9 Å². The van der Waals surface area contributed by atoms with Crippen LogP contribution >= 0.6 is 0 Å². The lowest BCUT2D eigenvalue weighted by Gasteiger charge is -2.27. The second-order valence-electron chi connectivity index (χ2n) is 4.09. The highest BCUT2D eigenvalue weighted by atomic mass is 16.5. The van der Waals surface area contributed by atoms with E-state index in [0.717, 1.165) is 12.8 Å². The minimum atomic E-state index is 0.315. The van der Waals surface area contributed by atoms with Crippen molar-refractivity contribution >= 4 is 0 Å². The molecule has 0 spiro atoms. The molecule has 76 valence electrons. The Morgan fingerprint density at radius 2 is 1.64 bits per heavy atom. The zero-order valence-electron chi connectivity index (χ0n) is 8.32. The van der Waals surface area contributed by atoms with Crippen LogP contribution in [0.2, 0.25) is 0 Å². The van der Waals surface area contributed by atoms with Gasteiger partial charge in [-0.2, -0.15) is 0 Å². The van der Waals surface area contributed by atoms with Crippen molar-refractivity contribution in [1.29, 1.82) is 0 Å². The number of hydrogen-bond acceptors (Lipinski definition) is 2. The Bertz CT molecular complexity index is 265. The van der Waals surface area contributed by atoms with Crippen molar-refractivity contribution in [2.75, 3.05) is 0 Å². The molecule has 0 unspecified atom stereocenters. The third-order valence-electron chi connectivity index (χ3n) is 3.18. The Morgan fingerprint density at radius 1 is 1.00 bits per heavy atom. The molecule has 0 heterocycles. The molecule has 14 heavy (non-hydrogen) atoms. The Balaban J connectivity index is 1.96. The maximum absolute atomic E-state index is 8.80. The number of nitrogens with one attached hydrogen (secondary N) is 1. The van der Waals surface area contributed by atoms with Crippen molar-refractivity contribution in [3.05, 3.63) is 35.9 Å². The minimum absolute atomic E-state index is 0.315. The quantitative estimate of drug-likeness (QED) is 0.704. The van der Waals surface area contributed by atoms with E-state index in [1.165, 1.54) is 18.4 Å². The molecular weight excluding hydrogens is 174 g/mol. The van der Waals surface area contributed by atoms with E-state index in [9.17, 15) is 0 Å². The molecule has 1 saturated carbocycles. The van der Waals surface area contributed by atoms with Crippen LogP contribution in [-0.2, 0) is 0 Å². The highest BCUT2D eigenvalue weighted by Gasteiger charge is 2.21. The van der Waals surface area contributed by atoms with Gasteiger partial charge in [0.15, 0.2) is 0 Å². The van der Waals surface area contributed by atoms with Gasteiger partial charge < -0.3 is 5.21 Å². The molecule has 1 aliphatic carbocycles. The fourth-order valence-electron chi connectivity index (χ4n) is 2.28. The van der Waals surface area contributed by atoms with Crippen LogP contribution in [0.3, 0.4) is 0 Å². The summed E-state index contributed by atoms with van der Waals surface area (Å²) in [5.74, 6) is 0.695. The molecule has 2 rings (SSSR count). The SMILES string of the molecule is ONC1CCC(c2ccccc2)CC1. The molecular formula is C12H17NO. The summed E-state index contributed by atoms with van der Waals surface area (Å²) in [5, 5.41) is 8.80. The van der Waals surface area contributed by atoms with Gasteiger partial charge in [0.1, 0.15) is 0 Å². The maximum Gasteiger partial charge on any atom is 0.0320 e. The van der Waals surface area contributed by atoms with Gasteiger partial charge in [-0.3, -0.25) is 0 Å². The van der Waals surface area contributed by atoms with Crippen molar-refractivity contribution in [3.63, 3.8) is 0 Å². The molecule has 2 N–H and O–H groups in total. The van der Waals surface area contributed by atoms with Gasteiger partial charge in [-0.15, -0.1) is 0 Å². The molecule has 0 aliphatic heterocycles. The average molecular weight is 191 g/mol. The molecule has 0 aromatic heterocycles. The van der Waals surface area contributed by atoms with Crippen LogP contribution in [0.25, 0.3) is 0 Å². The Kier molecular flexibility index (Phi) is 3.17. The Morgan fingerprint density at radius 3 is 2.21 bits per heavy atom. The summed E-state index contributed by atoms with van der Waals surface area (Å²) in [5.41, 5.74) is 3.82. The zero-order valence-corrected chi connectivity index (χ0v) is 8.32. The molecule has 1 fully saturated rings. The number of hydroxylamine groups is 1. The predicted octanol–water partition coefficient (Wildman–Crippen LogP) is 2.69. The van der Waals surface area contributed by atoms with Crippen LogP contribution in [0.4, 0.5) is 0 Å². The number of hydrogen-bond donors (Lipinski definition) is 2. The van der Waals surface area contributed by atoms with E-state index >= 15 is 0 Å². The summed E-state index contributed by atoms with van der Waals surface area (Å²) in [7, 11) is 0. The van der Waals surface area contributed by atoms with Crippen molar-refractivity contribution < 1.29 is 5.21 Å². The maximum atomic E-state index is 8.80. The second-order valence-corrected chi connectivity index (χ2v) is 4.09.